The maximum atomic E-state index is 11.1. The van der Waals surface area contributed by atoms with Crippen LogP contribution in [0.5, 0.6) is 0 Å². The number of hydrogen-bond donors (Lipinski definition) is 2. The first-order valence-corrected chi connectivity index (χ1v) is 9.15. The van der Waals surface area contributed by atoms with Crippen molar-refractivity contribution in [3.63, 3.8) is 0 Å². The molecule has 132 valence electrons. The van der Waals surface area contributed by atoms with Gasteiger partial charge < -0.3 is 10.2 Å². The van der Waals surface area contributed by atoms with Crippen LogP contribution in [-0.4, -0.2) is 21.8 Å². The molecule has 3 nitrogen and oxygen atoms in total. The Balaban J connectivity index is 2.25. The van der Waals surface area contributed by atoms with Crippen LogP contribution in [0.2, 0.25) is 0 Å². The Morgan fingerprint density at radius 3 is 2.48 bits per heavy atom. The molecule has 0 saturated heterocycles. The quantitative estimate of drug-likeness (QED) is 0.732. The summed E-state index contributed by atoms with van der Waals surface area (Å²) in [6, 6.07) is 0. The summed E-state index contributed by atoms with van der Waals surface area (Å²) in [5.74, 6) is 0.280. The molecule has 2 aliphatic rings. The molecule has 2 saturated carbocycles. The van der Waals surface area contributed by atoms with Crippen molar-refractivity contribution in [2.24, 2.45) is 22.7 Å². The van der Waals surface area contributed by atoms with Gasteiger partial charge in [0.25, 0.3) is 0 Å². The second-order valence-corrected chi connectivity index (χ2v) is 8.91. The minimum Gasteiger partial charge on any atom is -0.478 e. The van der Waals surface area contributed by atoms with E-state index in [1.807, 2.05) is 13.8 Å². The average Bonchev–Trinajstić information content (AvgIpc) is 2.43. The van der Waals surface area contributed by atoms with Gasteiger partial charge in [0, 0.05) is 6.08 Å². The topological polar surface area (TPSA) is 57.5 Å². The number of hydrogen-bond acceptors (Lipinski definition) is 2. The zero-order valence-corrected chi connectivity index (χ0v) is 15.5. The molecule has 2 fully saturated rings. The van der Waals surface area contributed by atoms with Gasteiger partial charge in [-0.15, -0.1) is 0 Å². The average molecular weight is 322 g/mol. The van der Waals surface area contributed by atoms with E-state index in [0.29, 0.717) is 11.8 Å². The standard InChI is InChI=1S/C20H34O3/c1-14(13-17(21)22)8-11-18(3)15(2)9-12-19(4)16(18)7-6-10-20(19,5)23/h13,15-16,23H,6-12H2,1-5H3,(H,21,22)/b14-13+/t15-,16-,18+,19-,20-/m1/s1. The minimum atomic E-state index is -0.852. The highest BCUT2D eigenvalue weighted by atomic mass is 16.4. The molecule has 0 spiro atoms. The van der Waals surface area contributed by atoms with Crippen LogP contribution in [0.25, 0.3) is 0 Å². The minimum absolute atomic E-state index is 0.0169. The van der Waals surface area contributed by atoms with Crippen LogP contribution < -0.4 is 0 Å². The van der Waals surface area contributed by atoms with E-state index in [1.165, 1.54) is 12.5 Å². The highest BCUT2D eigenvalue weighted by Gasteiger charge is 2.59. The number of rotatable bonds is 4. The van der Waals surface area contributed by atoms with Crippen molar-refractivity contribution in [1.29, 1.82) is 0 Å². The molecule has 0 bridgehead atoms. The predicted molar refractivity (Wildman–Crippen MR) is 93.2 cm³/mol. The van der Waals surface area contributed by atoms with Gasteiger partial charge in [-0.1, -0.05) is 32.8 Å². The third kappa shape index (κ3) is 3.22. The molecule has 0 radical (unpaired) electrons. The Hall–Kier alpha value is -0.830. The number of carboxylic acid groups (broad SMARTS) is 1. The summed E-state index contributed by atoms with van der Waals surface area (Å²) in [5.41, 5.74) is 0.520. The van der Waals surface area contributed by atoms with Crippen LogP contribution in [0.1, 0.15) is 79.6 Å². The van der Waals surface area contributed by atoms with Gasteiger partial charge in [-0.25, -0.2) is 4.79 Å². The van der Waals surface area contributed by atoms with Crippen LogP contribution >= 0.6 is 0 Å². The van der Waals surface area contributed by atoms with E-state index in [4.69, 9.17) is 5.11 Å². The Kier molecular flexibility index (Phi) is 5.02. The van der Waals surface area contributed by atoms with E-state index in [-0.39, 0.29) is 10.8 Å². The Morgan fingerprint density at radius 2 is 1.87 bits per heavy atom. The number of fused-ring (bicyclic) bond motifs is 1. The summed E-state index contributed by atoms with van der Waals surface area (Å²) in [7, 11) is 0. The lowest BCUT2D eigenvalue weighted by Crippen LogP contribution is -2.60. The van der Waals surface area contributed by atoms with Crippen LogP contribution in [0, 0.1) is 22.7 Å². The van der Waals surface area contributed by atoms with E-state index in [1.54, 1.807) is 0 Å². The molecule has 0 amide bonds. The van der Waals surface area contributed by atoms with Gasteiger partial charge in [0.15, 0.2) is 0 Å². The van der Waals surface area contributed by atoms with Gasteiger partial charge in [-0.3, -0.25) is 0 Å². The monoisotopic (exact) mass is 322 g/mol. The van der Waals surface area contributed by atoms with Crippen molar-refractivity contribution >= 4 is 5.97 Å². The summed E-state index contributed by atoms with van der Waals surface area (Å²) < 4.78 is 0. The van der Waals surface area contributed by atoms with E-state index in [0.717, 1.165) is 44.1 Å². The fourth-order valence-electron chi connectivity index (χ4n) is 5.49. The smallest absolute Gasteiger partial charge is 0.328 e. The molecular formula is C20H34O3. The molecule has 0 unspecified atom stereocenters. The lowest BCUT2D eigenvalue weighted by molar-refractivity contribution is -0.192. The zero-order chi connectivity index (χ0) is 17.5. The molecule has 0 aliphatic heterocycles. The molecule has 5 atom stereocenters. The van der Waals surface area contributed by atoms with Crippen LogP contribution in [0.4, 0.5) is 0 Å². The first kappa shape index (κ1) is 18.5. The van der Waals surface area contributed by atoms with Gasteiger partial charge in [-0.05, 0) is 75.0 Å². The summed E-state index contributed by atoms with van der Waals surface area (Å²) in [6.07, 6.45) is 8.64. The lowest BCUT2D eigenvalue weighted by atomic mass is 9.43. The second kappa shape index (κ2) is 6.23. The number of aliphatic hydroxyl groups is 1. The highest BCUT2D eigenvalue weighted by molar-refractivity contribution is 5.80. The van der Waals surface area contributed by atoms with Crippen molar-refractivity contribution in [3.8, 4) is 0 Å². The number of aliphatic carboxylic acids is 1. The molecule has 2 N–H and O–H groups in total. The van der Waals surface area contributed by atoms with E-state index in [9.17, 15) is 9.90 Å². The number of allylic oxidation sites excluding steroid dienone is 1. The Labute approximate surface area is 141 Å². The van der Waals surface area contributed by atoms with E-state index >= 15 is 0 Å². The van der Waals surface area contributed by atoms with Gasteiger partial charge in [-0.2, -0.15) is 0 Å². The highest BCUT2D eigenvalue weighted by Crippen LogP contribution is 2.64. The molecule has 0 aromatic rings. The first-order valence-electron chi connectivity index (χ1n) is 9.15. The van der Waals surface area contributed by atoms with Crippen LogP contribution in [-0.2, 0) is 4.79 Å². The maximum Gasteiger partial charge on any atom is 0.328 e. The van der Waals surface area contributed by atoms with Gasteiger partial charge in [0.1, 0.15) is 0 Å². The fourth-order valence-corrected chi connectivity index (χ4v) is 5.49. The maximum absolute atomic E-state index is 11.1. The Bertz CT molecular complexity index is 493. The first-order chi connectivity index (χ1) is 10.5. The van der Waals surface area contributed by atoms with Crippen LogP contribution in [0.15, 0.2) is 11.6 Å². The van der Waals surface area contributed by atoms with Crippen molar-refractivity contribution in [2.45, 2.75) is 85.2 Å². The molecule has 0 aromatic carbocycles. The molecule has 3 heteroatoms. The molecule has 0 aromatic heterocycles. The zero-order valence-electron chi connectivity index (χ0n) is 15.5. The normalized spacial score (nSPS) is 44.7. The fraction of sp³-hybridized carbons (Fsp3) is 0.850. The number of carbonyl (C=O) groups is 1. The predicted octanol–water partition coefficient (Wildman–Crippen LogP) is 4.79. The third-order valence-electron chi connectivity index (χ3n) is 7.60. The second-order valence-electron chi connectivity index (χ2n) is 8.91. The number of carboxylic acids is 1. The molecule has 23 heavy (non-hydrogen) atoms. The largest absolute Gasteiger partial charge is 0.478 e. The van der Waals surface area contributed by atoms with Crippen molar-refractivity contribution in [1.82, 2.24) is 0 Å². The van der Waals surface area contributed by atoms with E-state index < -0.39 is 11.6 Å². The van der Waals surface area contributed by atoms with Gasteiger partial charge in [0.2, 0.25) is 0 Å². The SMILES string of the molecule is C/C(=C\C(=O)O)CC[C@@]1(C)[C@H](C)CC[C@]2(C)[C@@H]1CCC[C@@]2(C)O. The summed E-state index contributed by atoms with van der Waals surface area (Å²) in [4.78, 5) is 10.9. The molecule has 0 heterocycles. The molecule has 2 rings (SSSR count). The summed E-state index contributed by atoms with van der Waals surface area (Å²) >= 11 is 0. The Morgan fingerprint density at radius 1 is 1.22 bits per heavy atom. The van der Waals surface area contributed by atoms with E-state index in [2.05, 4.69) is 20.8 Å². The summed E-state index contributed by atoms with van der Waals surface area (Å²) in [6.45, 7) is 11.0. The van der Waals surface area contributed by atoms with Gasteiger partial charge in [0.05, 0.1) is 5.60 Å². The van der Waals surface area contributed by atoms with Crippen molar-refractivity contribution in [2.75, 3.05) is 0 Å². The lowest BCUT2D eigenvalue weighted by Gasteiger charge is -2.63. The molecular weight excluding hydrogens is 288 g/mol. The molecule has 2 aliphatic carbocycles. The van der Waals surface area contributed by atoms with Crippen LogP contribution in [0.3, 0.4) is 0 Å². The summed E-state index contributed by atoms with van der Waals surface area (Å²) in [5, 5.41) is 20.0. The third-order valence-corrected chi connectivity index (χ3v) is 7.60. The van der Waals surface area contributed by atoms with Crippen molar-refractivity contribution in [3.05, 3.63) is 11.6 Å². The van der Waals surface area contributed by atoms with Gasteiger partial charge >= 0.3 is 5.97 Å². The van der Waals surface area contributed by atoms with Crippen molar-refractivity contribution < 1.29 is 15.0 Å².